The Kier molecular flexibility index (Phi) is 10.2. The fraction of sp³-hybridized carbons (Fsp3) is 0.289. The van der Waals surface area contributed by atoms with Gasteiger partial charge in [0, 0.05) is 84.0 Å². The van der Waals surface area contributed by atoms with E-state index in [1.165, 1.54) is 0 Å². The van der Waals surface area contributed by atoms with Gasteiger partial charge in [-0.15, -0.1) is 0 Å². The number of methoxy groups -OCH3 is 1. The van der Waals surface area contributed by atoms with E-state index >= 15 is 0 Å². The first-order chi connectivity index (χ1) is 24.4. The number of ether oxygens (including phenoxy) is 1. The van der Waals surface area contributed by atoms with E-state index in [1.54, 1.807) is 7.11 Å². The standard InChI is InChI=1S/C38H37Cl2N7O3/c1-50-38-23(17-41-19-25-10-14-34(48)44-25)9-13-32(47-38)30-7-3-6-29(37(30)40)28-5-2-4-27(36(28)39)22-8-12-31-24(16-22)18-43-33(46-31)21-42-20-26-11-15-35(49)45-26/h2-9,12-13,16,18,25-26,41-42H,10-11,14-15,17,19-21H2,1H3,(H,44,48)(H,45,49)/t25-,26-/m1/s1. The molecule has 2 saturated heterocycles. The molecule has 50 heavy (non-hydrogen) atoms. The zero-order valence-electron chi connectivity index (χ0n) is 27.6. The molecule has 2 atom stereocenters. The second-order valence-corrected chi connectivity index (χ2v) is 13.4. The number of nitrogens with zero attached hydrogens (tertiary/aromatic N) is 3. The number of benzene rings is 3. The Morgan fingerprint density at radius 1 is 0.780 bits per heavy atom. The van der Waals surface area contributed by atoms with Crippen molar-refractivity contribution in [2.24, 2.45) is 0 Å². The van der Waals surface area contributed by atoms with Crippen LogP contribution in [0, 0.1) is 0 Å². The van der Waals surface area contributed by atoms with Crippen LogP contribution in [0.2, 0.25) is 10.0 Å². The van der Waals surface area contributed by atoms with Crippen LogP contribution in [0.4, 0.5) is 0 Å². The summed E-state index contributed by atoms with van der Waals surface area (Å²) >= 11 is 14.2. The summed E-state index contributed by atoms with van der Waals surface area (Å²) in [5.41, 5.74) is 6.59. The molecule has 0 bridgehead atoms. The molecule has 4 heterocycles. The summed E-state index contributed by atoms with van der Waals surface area (Å²) in [5.74, 6) is 1.41. The molecule has 12 heteroatoms. The molecule has 2 amide bonds. The molecule has 0 radical (unpaired) electrons. The van der Waals surface area contributed by atoms with E-state index in [0.29, 0.717) is 66.5 Å². The summed E-state index contributed by atoms with van der Waals surface area (Å²) in [7, 11) is 1.60. The van der Waals surface area contributed by atoms with E-state index in [-0.39, 0.29) is 23.9 Å². The second-order valence-electron chi connectivity index (χ2n) is 12.6. The molecular weight excluding hydrogens is 673 g/mol. The second kappa shape index (κ2) is 15.1. The number of aromatic nitrogens is 3. The van der Waals surface area contributed by atoms with E-state index in [1.807, 2.05) is 72.9 Å². The fourth-order valence-corrected chi connectivity index (χ4v) is 7.22. The maximum atomic E-state index is 11.5. The molecule has 0 saturated carbocycles. The predicted molar refractivity (Wildman–Crippen MR) is 196 cm³/mol. The largest absolute Gasteiger partial charge is 0.481 e. The lowest BCUT2D eigenvalue weighted by Crippen LogP contribution is -2.35. The quantitative estimate of drug-likeness (QED) is 0.123. The SMILES string of the molecule is COc1nc(-c2cccc(-c3cccc(-c4ccc5nc(CNC[C@H]6CCC(=O)N6)ncc5c4)c3Cl)c2Cl)ccc1CNC[C@H]1CCC(=O)N1. The number of halogens is 2. The van der Waals surface area contributed by atoms with Crippen LogP contribution < -0.4 is 26.0 Å². The lowest BCUT2D eigenvalue weighted by Gasteiger charge is -2.16. The number of nitrogens with one attached hydrogen (secondary N) is 4. The molecule has 2 aliphatic heterocycles. The summed E-state index contributed by atoms with van der Waals surface area (Å²) in [6, 6.07) is 22.0. The number of amides is 2. The third kappa shape index (κ3) is 7.44. The topological polar surface area (TPSA) is 130 Å². The molecule has 0 spiro atoms. The minimum absolute atomic E-state index is 0.101. The first kappa shape index (κ1) is 33.9. The molecular formula is C38H37Cl2N7O3. The average Bonchev–Trinajstić information content (AvgIpc) is 3.75. The van der Waals surface area contributed by atoms with Crippen LogP contribution in [0.3, 0.4) is 0 Å². The van der Waals surface area contributed by atoms with Crippen molar-refractivity contribution in [1.29, 1.82) is 0 Å². The van der Waals surface area contributed by atoms with Crippen molar-refractivity contribution in [2.45, 2.75) is 50.9 Å². The Labute approximate surface area is 300 Å². The van der Waals surface area contributed by atoms with Crippen LogP contribution in [0.25, 0.3) is 44.4 Å². The van der Waals surface area contributed by atoms with Crippen LogP contribution in [0.1, 0.15) is 37.1 Å². The molecule has 2 fully saturated rings. The zero-order chi connectivity index (χ0) is 34.6. The molecule has 2 aromatic heterocycles. The Bertz CT molecular complexity index is 2070. The van der Waals surface area contributed by atoms with Gasteiger partial charge >= 0.3 is 0 Å². The maximum Gasteiger partial charge on any atom is 0.220 e. The number of fused-ring (bicyclic) bond motifs is 1. The van der Waals surface area contributed by atoms with E-state index in [9.17, 15) is 9.59 Å². The van der Waals surface area contributed by atoms with Crippen LogP contribution in [-0.2, 0) is 22.7 Å². The van der Waals surface area contributed by atoms with Gasteiger partial charge in [0.1, 0.15) is 5.82 Å². The van der Waals surface area contributed by atoms with Gasteiger partial charge in [-0.25, -0.2) is 15.0 Å². The Balaban J connectivity index is 1.08. The normalized spacial score (nSPS) is 17.3. The number of hydrogen-bond acceptors (Lipinski definition) is 8. The highest BCUT2D eigenvalue weighted by Gasteiger charge is 2.22. The van der Waals surface area contributed by atoms with Crippen molar-refractivity contribution < 1.29 is 14.3 Å². The molecule has 3 aromatic carbocycles. The van der Waals surface area contributed by atoms with Crippen LogP contribution in [0.5, 0.6) is 5.88 Å². The van der Waals surface area contributed by atoms with E-state index in [4.69, 9.17) is 37.9 Å². The van der Waals surface area contributed by atoms with Gasteiger partial charge in [0.05, 0.1) is 34.9 Å². The van der Waals surface area contributed by atoms with Crippen molar-refractivity contribution in [3.8, 4) is 39.4 Å². The van der Waals surface area contributed by atoms with Gasteiger partial charge in [-0.05, 0) is 36.6 Å². The smallest absolute Gasteiger partial charge is 0.220 e. The molecule has 0 unspecified atom stereocenters. The molecule has 2 aliphatic rings. The minimum atomic E-state index is 0.101. The summed E-state index contributed by atoms with van der Waals surface area (Å²) in [4.78, 5) is 37.1. The first-order valence-electron chi connectivity index (χ1n) is 16.7. The predicted octanol–water partition coefficient (Wildman–Crippen LogP) is 6.08. The van der Waals surface area contributed by atoms with Crippen molar-refractivity contribution in [3.05, 3.63) is 94.4 Å². The molecule has 0 aliphatic carbocycles. The van der Waals surface area contributed by atoms with Gasteiger partial charge in [-0.1, -0.05) is 71.7 Å². The lowest BCUT2D eigenvalue weighted by atomic mass is 9.96. The van der Waals surface area contributed by atoms with Crippen molar-refractivity contribution >= 4 is 45.9 Å². The van der Waals surface area contributed by atoms with Crippen molar-refractivity contribution in [3.63, 3.8) is 0 Å². The summed E-state index contributed by atoms with van der Waals surface area (Å²) < 4.78 is 5.65. The third-order valence-corrected chi connectivity index (χ3v) is 10.0. The summed E-state index contributed by atoms with van der Waals surface area (Å²) in [6.07, 6.45) is 4.67. The minimum Gasteiger partial charge on any atom is -0.481 e. The highest BCUT2D eigenvalue weighted by atomic mass is 35.5. The van der Waals surface area contributed by atoms with Crippen LogP contribution >= 0.6 is 23.2 Å². The van der Waals surface area contributed by atoms with Crippen molar-refractivity contribution in [2.75, 3.05) is 20.2 Å². The monoisotopic (exact) mass is 709 g/mol. The van der Waals surface area contributed by atoms with Gasteiger partial charge in [0.25, 0.3) is 0 Å². The van der Waals surface area contributed by atoms with E-state index in [2.05, 4.69) is 26.3 Å². The molecule has 4 N–H and O–H groups in total. The van der Waals surface area contributed by atoms with Crippen LogP contribution in [0.15, 0.2) is 72.9 Å². The maximum absolute atomic E-state index is 11.5. The summed E-state index contributed by atoms with van der Waals surface area (Å²) in [5, 5.41) is 14.7. The Morgan fingerprint density at radius 3 is 2.08 bits per heavy atom. The Hall–Kier alpha value is -4.61. The van der Waals surface area contributed by atoms with Gasteiger partial charge in [-0.3, -0.25) is 9.59 Å². The lowest BCUT2D eigenvalue weighted by molar-refractivity contribution is -0.120. The highest BCUT2D eigenvalue weighted by Crippen LogP contribution is 2.42. The van der Waals surface area contributed by atoms with Crippen LogP contribution in [-0.4, -0.2) is 59.0 Å². The highest BCUT2D eigenvalue weighted by molar-refractivity contribution is 6.39. The van der Waals surface area contributed by atoms with Gasteiger partial charge in [0.15, 0.2) is 0 Å². The molecule has 256 valence electrons. The van der Waals surface area contributed by atoms with E-state index < -0.39 is 0 Å². The zero-order valence-corrected chi connectivity index (χ0v) is 29.1. The number of carbonyl (C=O) groups excluding carboxylic acids is 2. The Morgan fingerprint density at radius 2 is 1.42 bits per heavy atom. The molecule has 10 nitrogen and oxygen atoms in total. The molecule has 7 rings (SSSR count). The third-order valence-electron chi connectivity index (χ3n) is 9.19. The molecule has 5 aromatic rings. The number of pyridine rings is 1. The number of rotatable bonds is 12. The van der Waals surface area contributed by atoms with Gasteiger partial charge in [-0.2, -0.15) is 0 Å². The fourth-order valence-electron chi connectivity index (χ4n) is 6.56. The van der Waals surface area contributed by atoms with Gasteiger partial charge in [0.2, 0.25) is 17.7 Å². The van der Waals surface area contributed by atoms with Crippen molar-refractivity contribution in [1.82, 2.24) is 36.2 Å². The first-order valence-corrected chi connectivity index (χ1v) is 17.5. The van der Waals surface area contributed by atoms with Gasteiger partial charge < -0.3 is 26.0 Å². The summed E-state index contributed by atoms with van der Waals surface area (Å²) in [6.45, 7) is 2.44. The average molecular weight is 711 g/mol. The number of carbonyl (C=O) groups is 2. The van der Waals surface area contributed by atoms with E-state index in [0.717, 1.165) is 57.1 Å². The number of hydrogen-bond donors (Lipinski definition) is 4.